The first-order valence-corrected chi connectivity index (χ1v) is 7.35. The second kappa shape index (κ2) is 11.0. The first-order chi connectivity index (χ1) is 8.19. The first kappa shape index (κ1) is 16.9. The van der Waals surface area contributed by atoms with Crippen molar-refractivity contribution in [2.24, 2.45) is 5.73 Å². The molecule has 0 saturated carbocycles. The Hall–Kier alpha value is -0.120. The largest absolute Gasteiger partial charge is 0.330 e. The van der Waals surface area contributed by atoms with Crippen LogP contribution < -0.4 is 5.73 Å². The summed E-state index contributed by atoms with van der Waals surface area (Å²) in [5.74, 6) is 0. The molecule has 3 nitrogen and oxygen atoms in total. The van der Waals surface area contributed by atoms with Crippen LogP contribution in [0.25, 0.3) is 0 Å². The second-order valence-corrected chi connectivity index (χ2v) is 4.79. The van der Waals surface area contributed by atoms with E-state index in [1.54, 1.807) is 0 Å². The van der Waals surface area contributed by atoms with Crippen LogP contribution in [0.15, 0.2) is 0 Å². The highest BCUT2D eigenvalue weighted by Gasteiger charge is 2.12. The van der Waals surface area contributed by atoms with E-state index in [9.17, 15) is 0 Å². The third kappa shape index (κ3) is 7.74. The Kier molecular flexibility index (Phi) is 10.9. The molecule has 0 saturated heterocycles. The fraction of sp³-hybridized carbons (Fsp3) is 1.00. The molecular formula is C14H33N3. The Morgan fingerprint density at radius 2 is 1.59 bits per heavy atom. The van der Waals surface area contributed by atoms with Gasteiger partial charge in [0.1, 0.15) is 0 Å². The van der Waals surface area contributed by atoms with Crippen molar-refractivity contribution in [2.75, 3.05) is 39.3 Å². The molecule has 3 heteroatoms. The third-order valence-electron chi connectivity index (χ3n) is 3.70. The fourth-order valence-electron chi connectivity index (χ4n) is 2.27. The maximum absolute atomic E-state index is 5.54. The smallest absolute Gasteiger partial charge is 0.0112 e. The van der Waals surface area contributed by atoms with Crippen LogP contribution in [-0.2, 0) is 0 Å². The first-order valence-electron chi connectivity index (χ1n) is 7.35. The molecule has 0 aliphatic heterocycles. The van der Waals surface area contributed by atoms with E-state index in [1.807, 2.05) is 0 Å². The summed E-state index contributed by atoms with van der Waals surface area (Å²) >= 11 is 0. The highest BCUT2D eigenvalue weighted by molar-refractivity contribution is 4.68. The van der Waals surface area contributed by atoms with Gasteiger partial charge in [-0.3, -0.25) is 4.90 Å². The minimum Gasteiger partial charge on any atom is -0.330 e. The van der Waals surface area contributed by atoms with Crippen molar-refractivity contribution in [2.45, 2.75) is 53.0 Å². The summed E-state index contributed by atoms with van der Waals surface area (Å²) in [5, 5.41) is 0. The van der Waals surface area contributed by atoms with Crippen molar-refractivity contribution in [3.05, 3.63) is 0 Å². The molecule has 0 bridgehead atoms. The van der Waals surface area contributed by atoms with E-state index in [4.69, 9.17) is 5.73 Å². The van der Waals surface area contributed by atoms with E-state index in [1.165, 1.54) is 25.9 Å². The number of nitrogens with zero attached hydrogens (tertiary/aromatic N) is 2. The maximum Gasteiger partial charge on any atom is 0.0112 e. The lowest BCUT2D eigenvalue weighted by Crippen LogP contribution is -2.39. The lowest BCUT2D eigenvalue weighted by Gasteiger charge is -2.30. The molecule has 0 radical (unpaired) electrons. The van der Waals surface area contributed by atoms with Gasteiger partial charge in [0, 0.05) is 19.1 Å². The lowest BCUT2D eigenvalue weighted by molar-refractivity contribution is 0.172. The normalized spacial score (nSPS) is 13.6. The highest BCUT2D eigenvalue weighted by atomic mass is 15.2. The molecule has 0 aromatic carbocycles. The van der Waals surface area contributed by atoms with Crippen LogP contribution in [0.1, 0.15) is 47.0 Å². The number of nitrogens with two attached hydrogens (primary N) is 1. The molecular weight excluding hydrogens is 210 g/mol. The molecule has 0 aliphatic rings. The van der Waals surface area contributed by atoms with Crippen molar-refractivity contribution in [3.63, 3.8) is 0 Å². The standard InChI is InChI=1S/C14H33N3/c1-5-16(6-2)12-13-17(7-3)14(4)10-8-9-11-15/h14H,5-13,15H2,1-4H3/t14-/m1/s1. The van der Waals surface area contributed by atoms with Gasteiger partial charge in [-0.05, 0) is 45.9 Å². The van der Waals surface area contributed by atoms with E-state index < -0.39 is 0 Å². The summed E-state index contributed by atoms with van der Waals surface area (Å²) in [4.78, 5) is 5.09. The van der Waals surface area contributed by atoms with Crippen LogP contribution >= 0.6 is 0 Å². The van der Waals surface area contributed by atoms with E-state index >= 15 is 0 Å². The van der Waals surface area contributed by atoms with Gasteiger partial charge in [-0.2, -0.15) is 0 Å². The van der Waals surface area contributed by atoms with Crippen molar-refractivity contribution < 1.29 is 0 Å². The molecule has 0 rings (SSSR count). The summed E-state index contributed by atoms with van der Waals surface area (Å²) in [7, 11) is 0. The maximum atomic E-state index is 5.54. The highest BCUT2D eigenvalue weighted by Crippen LogP contribution is 2.08. The lowest BCUT2D eigenvalue weighted by atomic mass is 10.1. The Balaban J connectivity index is 3.87. The summed E-state index contributed by atoms with van der Waals surface area (Å²) < 4.78 is 0. The van der Waals surface area contributed by atoms with Gasteiger partial charge in [-0.1, -0.05) is 27.2 Å². The molecule has 0 aromatic rings. The van der Waals surface area contributed by atoms with Gasteiger partial charge in [-0.15, -0.1) is 0 Å². The summed E-state index contributed by atoms with van der Waals surface area (Å²) in [5.41, 5.74) is 5.54. The quantitative estimate of drug-likeness (QED) is 0.565. The average molecular weight is 243 g/mol. The predicted octanol–water partition coefficient (Wildman–Crippen LogP) is 2.17. The number of unbranched alkanes of at least 4 members (excludes halogenated alkanes) is 1. The van der Waals surface area contributed by atoms with Crippen molar-refractivity contribution in [1.82, 2.24) is 9.80 Å². The number of rotatable bonds is 11. The topological polar surface area (TPSA) is 32.5 Å². The molecule has 0 fully saturated rings. The number of likely N-dealkylation sites (N-methyl/N-ethyl adjacent to an activating group) is 2. The van der Waals surface area contributed by atoms with E-state index in [2.05, 4.69) is 37.5 Å². The van der Waals surface area contributed by atoms with Gasteiger partial charge >= 0.3 is 0 Å². The van der Waals surface area contributed by atoms with Gasteiger partial charge in [-0.25, -0.2) is 0 Å². The van der Waals surface area contributed by atoms with Gasteiger partial charge < -0.3 is 10.6 Å². The monoisotopic (exact) mass is 243 g/mol. The second-order valence-electron chi connectivity index (χ2n) is 4.79. The van der Waals surface area contributed by atoms with Crippen LogP contribution in [0.4, 0.5) is 0 Å². The van der Waals surface area contributed by atoms with Crippen LogP contribution in [0.3, 0.4) is 0 Å². The van der Waals surface area contributed by atoms with E-state index in [0.717, 1.165) is 32.6 Å². The number of hydrogen-bond donors (Lipinski definition) is 1. The Bertz CT molecular complexity index is 158. The Morgan fingerprint density at radius 1 is 0.941 bits per heavy atom. The minimum atomic E-state index is 0.696. The summed E-state index contributed by atoms with van der Waals surface area (Å²) in [6, 6.07) is 0.696. The van der Waals surface area contributed by atoms with Gasteiger partial charge in [0.05, 0.1) is 0 Å². The molecule has 0 aromatic heterocycles. The van der Waals surface area contributed by atoms with E-state index in [-0.39, 0.29) is 0 Å². The molecule has 104 valence electrons. The average Bonchev–Trinajstić information content (AvgIpc) is 2.35. The van der Waals surface area contributed by atoms with Crippen LogP contribution in [0.5, 0.6) is 0 Å². The zero-order chi connectivity index (χ0) is 13.1. The van der Waals surface area contributed by atoms with Gasteiger partial charge in [0.25, 0.3) is 0 Å². The van der Waals surface area contributed by atoms with Crippen molar-refractivity contribution in [1.29, 1.82) is 0 Å². The Labute approximate surface area is 108 Å². The van der Waals surface area contributed by atoms with Crippen molar-refractivity contribution >= 4 is 0 Å². The molecule has 0 amide bonds. The third-order valence-corrected chi connectivity index (χ3v) is 3.70. The van der Waals surface area contributed by atoms with Gasteiger partial charge in [0.15, 0.2) is 0 Å². The molecule has 0 unspecified atom stereocenters. The van der Waals surface area contributed by atoms with Crippen LogP contribution in [0, 0.1) is 0 Å². The van der Waals surface area contributed by atoms with E-state index in [0.29, 0.717) is 6.04 Å². The summed E-state index contributed by atoms with van der Waals surface area (Å²) in [6.45, 7) is 15.8. The number of hydrogen-bond acceptors (Lipinski definition) is 3. The fourth-order valence-corrected chi connectivity index (χ4v) is 2.27. The Morgan fingerprint density at radius 3 is 2.06 bits per heavy atom. The molecule has 1 atom stereocenters. The van der Waals surface area contributed by atoms with Crippen LogP contribution in [0.2, 0.25) is 0 Å². The van der Waals surface area contributed by atoms with Gasteiger partial charge in [0.2, 0.25) is 0 Å². The molecule has 0 heterocycles. The predicted molar refractivity (Wildman–Crippen MR) is 77.4 cm³/mol. The molecule has 0 spiro atoms. The zero-order valence-corrected chi connectivity index (χ0v) is 12.4. The summed E-state index contributed by atoms with van der Waals surface area (Å²) in [6.07, 6.45) is 3.71. The molecule has 2 N–H and O–H groups in total. The van der Waals surface area contributed by atoms with Crippen molar-refractivity contribution in [3.8, 4) is 0 Å². The minimum absolute atomic E-state index is 0.696. The molecule has 17 heavy (non-hydrogen) atoms. The van der Waals surface area contributed by atoms with Crippen LogP contribution in [-0.4, -0.2) is 55.1 Å². The molecule has 0 aliphatic carbocycles. The zero-order valence-electron chi connectivity index (χ0n) is 12.4. The SMILES string of the molecule is CCN(CC)CCN(CC)[C@H](C)CCCCN.